The van der Waals surface area contributed by atoms with Crippen LogP contribution in [0.4, 0.5) is 5.69 Å². The van der Waals surface area contributed by atoms with E-state index in [1.54, 1.807) is 17.1 Å². The van der Waals surface area contributed by atoms with E-state index in [0.29, 0.717) is 22.8 Å². The van der Waals surface area contributed by atoms with Crippen LogP contribution in [0.1, 0.15) is 27.0 Å². The van der Waals surface area contributed by atoms with Crippen LogP contribution in [0.2, 0.25) is 5.02 Å². The summed E-state index contributed by atoms with van der Waals surface area (Å²) in [5.41, 5.74) is 4.62. The molecule has 24 heavy (non-hydrogen) atoms. The van der Waals surface area contributed by atoms with Crippen molar-refractivity contribution in [2.24, 2.45) is 0 Å². The number of anilines is 1. The van der Waals surface area contributed by atoms with Crippen LogP contribution in [0.15, 0.2) is 54.9 Å². The van der Waals surface area contributed by atoms with E-state index in [0.717, 1.165) is 11.1 Å². The highest BCUT2D eigenvalue weighted by atomic mass is 35.5. The Bertz CT molecular complexity index is 886. The third kappa shape index (κ3) is 3.84. The SMILES string of the molecule is Cc1ccc(C(=O)Nc2cnn(Cc3cccc(Cl)c3)c2)cc1C. The number of aromatic nitrogens is 2. The largest absolute Gasteiger partial charge is 0.319 e. The summed E-state index contributed by atoms with van der Waals surface area (Å²) in [7, 11) is 0. The number of halogens is 1. The molecule has 2 aromatic carbocycles. The van der Waals surface area contributed by atoms with E-state index in [9.17, 15) is 4.79 Å². The fourth-order valence-electron chi connectivity index (χ4n) is 2.42. The van der Waals surface area contributed by atoms with Gasteiger partial charge in [0.1, 0.15) is 0 Å². The zero-order valence-electron chi connectivity index (χ0n) is 13.6. The van der Waals surface area contributed by atoms with E-state index in [-0.39, 0.29) is 5.91 Å². The maximum atomic E-state index is 12.3. The lowest BCUT2D eigenvalue weighted by Crippen LogP contribution is -2.11. The number of hydrogen-bond acceptors (Lipinski definition) is 2. The van der Waals surface area contributed by atoms with Gasteiger partial charge >= 0.3 is 0 Å². The summed E-state index contributed by atoms with van der Waals surface area (Å²) in [6, 6.07) is 13.3. The lowest BCUT2D eigenvalue weighted by molar-refractivity contribution is 0.102. The van der Waals surface area contributed by atoms with Crippen molar-refractivity contribution in [3.05, 3.63) is 82.1 Å². The summed E-state index contributed by atoms with van der Waals surface area (Å²) < 4.78 is 1.77. The number of benzene rings is 2. The molecular weight excluding hydrogens is 322 g/mol. The van der Waals surface area contributed by atoms with Gasteiger partial charge in [-0.3, -0.25) is 9.48 Å². The van der Waals surface area contributed by atoms with Crippen LogP contribution in [0, 0.1) is 13.8 Å². The van der Waals surface area contributed by atoms with Crippen LogP contribution in [-0.4, -0.2) is 15.7 Å². The molecule has 0 aliphatic rings. The molecule has 0 radical (unpaired) electrons. The van der Waals surface area contributed by atoms with Gasteiger partial charge in [-0.25, -0.2) is 0 Å². The standard InChI is InChI=1S/C19H18ClN3O/c1-13-6-7-16(8-14(13)2)19(24)22-18-10-21-23(12-18)11-15-4-3-5-17(20)9-15/h3-10,12H,11H2,1-2H3,(H,22,24). The van der Waals surface area contributed by atoms with Crippen molar-refractivity contribution in [1.82, 2.24) is 9.78 Å². The third-order valence-corrected chi connectivity index (χ3v) is 4.13. The van der Waals surface area contributed by atoms with E-state index in [2.05, 4.69) is 10.4 Å². The Morgan fingerprint density at radius 1 is 1.17 bits per heavy atom. The molecule has 1 aromatic heterocycles. The minimum Gasteiger partial charge on any atom is -0.319 e. The van der Waals surface area contributed by atoms with Gasteiger partial charge in [0.05, 0.1) is 18.4 Å². The van der Waals surface area contributed by atoms with Crippen LogP contribution < -0.4 is 5.32 Å². The normalized spacial score (nSPS) is 10.6. The maximum absolute atomic E-state index is 12.3. The minimum absolute atomic E-state index is 0.139. The Morgan fingerprint density at radius 2 is 2.00 bits per heavy atom. The Hall–Kier alpha value is -2.59. The number of carbonyl (C=O) groups excluding carboxylic acids is 1. The average molecular weight is 340 g/mol. The predicted molar refractivity (Wildman–Crippen MR) is 96.7 cm³/mol. The zero-order valence-corrected chi connectivity index (χ0v) is 14.3. The molecular formula is C19H18ClN3O. The van der Waals surface area contributed by atoms with Gasteiger partial charge in [-0.2, -0.15) is 5.10 Å². The summed E-state index contributed by atoms with van der Waals surface area (Å²) >= 11 is 5.99. The summed E-state index contributed by atoms with van der Waals surface area (Å²) in [4.78, 5) is 12.3. The quantitative estimate of drug-likeness (QED) is 0.763. The van der Waals surface area contributed by atoms with Crippen molar-refractivity contribution in [3.63, 3.8) is 0 Å². The van der Waals surface area contributed by atoms with Crippen molar-refractivity contribution in [1.29, 1.82) is 0 Å². The highest BCUT2D eigenvalue weighted by Gasteiger charge is 2.09. The molecule has 1 amide bonds. The molecule has 4 nitrogen and oxygen atoms in total. The fourth-order valence-corrected chi connectivity index (χ4v) is 2.64. The van der Waals surface area contributed by atoms with Crippen LogP contribution in [-0.2, 0) is 6.54 Å². The maximum Gasteiger partial charge on any atom is 0.255 e. The number of nitrogens with zero attached hydrogens (tertiary/aromatic N) is 2. The first-order valence-electron chi connectivity index (χ1n) is 7.67. The van der Waals surface area contributed by atoms with Gasteiger partial charge in [-0.1, -0.05) is 29.8 Å². The summed E-state index contributed by atoms with van der Waals surface area (Å²) in [5, 5.41) is 7.85. The Balaban J connectivity index is 1.69. The van der Waals surface area contributed by atoms with Crippen LogP contribution >= 0.6 is 11.6 Å². The van der Waals surface area contributed by atoms with Gasteiger partial charge in [-0.05, 0) is 54.8 Å². The second-order valence-electron chi connectivity index (χ2n) is 5.81. The molecule has 1 heterocycles. The van der Waals surface area contributed by atoms with E-state index < -0.39 is 0 Å². The molecule has 0 saturated carbocycles. The Labute approximate surface area is 146 Å². The average Bonchev–Trinajstić information content (AvgIpc) is 2.97. The van der Waals surface area contributed by atoms with Gasteiger partial charge in [0, 0.05) is 16.8 Å². The van der Waals surface area contributed by atoms with Gasteiger partial charge < -0.3 is 5.32 Å². The predicted octanol–water partition coefficient (Wildman–Crippen LogP) is 4.45. The lowest BCUT2D eigenvalue weighted by Gasteiger charge is -2.05. The molecule has 3 rings (SSSR count). The molecule has 0 spiro atoms. The first kappa shape index (κ1) is 16.3. The molecule has 5 heteroatoms. The van der Waals surface area contributed by atoms with Crippen molar-refractivity contribution < 1.29 is 4.79 Å². The van der Waals surface area contributed by atoms with Crippen LogP contribution in [0.25, 0.3) is 0 Å². The summed E-state index contributed by atoms with van der Waals surface area (Å²) in [6.45, 7) is 4.62. The first-order chi connectivity index (χ1) is 11.5. The van der Waals surface area contributed by atoms with E-state index in [4.69, 9.17) is 11.6 Å². The molecule has 0 aliphatic heterocycles. The number of hydrogen-bond donors (Lipinski definition) is 1. The minimum atomic E-state index is -0.139. The van der Waals surface area contributed by atoms with Crippen LogP contribution in [0.3, 0.4) is 0 Å². The number of rotatable bonds is 4. The molecule has 0 atom stereocenters. The van der Waals surface area contributed by atoms with Gasteiger partial charge in [0.2, 0.25) is 0 Å². The molecule has 1 N–H and O–H groups in total. The number of aryl methyl sites for hydroxylation is 2. The number of amides is 1. The number of carbonyl (C=O) groups is 1. The van der Waals surface area contributed by atoms with Gasteiger partial charge in [-0.15, -0.1) is 0 Å². The second-order valence-corrected chi connectivity index (χ2v) is 6.25. The topological polar surface area (TPSA) is 46.9 Å². The van der Waals surface area contributed by atoms with Crippen molar-refractivity contribution in [2.45, 2.75) is 20.4 Å². The summed E-state index contributed by atoms with van der Waals surface area (Å²) in [5.74, 6) is -0.139. The van der Waals surface area contributed by atoms with Gasteiger partial charge in [0.15, 0.2) is 0 Å². The second kappa shape index (κ2) is 6.89. The molecule has 0 unspecified atom stereocenters. The molecule has 0 saturated heterocycles. The van der Waals surface area contributed by atoms with E-state index >= 15 is 0 Å². The Kier molecular flexibility index (Phi) is 4.67. The molecule has 0 bridgehead atoms. The van der Waals surface area contributed by atoms with E-state index in [1.165, 1.54) is 5.56 Å². The van der Waals surface area contributed by atoms with Crippen molar-refractivity contribution >= 4 is 23.2 Å². The zero-order chi connectivity index (χ0) is 17.1. The molecule has 3 aromatic rings. The van der Waals surface area contributed by atoms with Crippen LogP contribution in [0.5, 0.6) is 0 Å². The number of nitrogens with one attached hydrogen (secondary N) is 1. The smallest absolute Gasteiger partial charge is 0.255 e. The Morgan fingerprint density at radius 3 is 2.75 bits per heavy atom. The monoisotopic (exact) mass is 339 g/mol. The van der Waals surface area contributed by atoms with Crippen molar-refractivity contribution in [3.8, 4) is 0 Å². The molecule has 122 valence electrons. The van der Waals surface area contributed by atoms with Gasteiger partial charge in [0.25, 0.3) is 5.91 Å². The highest BCUT2D eigenvalue weighted by Crippen LogP contribution is 2.15. The molecule has 0 fully saturated rings. The van der Waals surface area contributed by atoms with Crippen molar-refractivity contribution in [2.75, 3.05) is 5.32 Å². The highest BCUT2D eigenvalue weighted by molar-refractivity contribution is 6.30. The first-order valence-corrected chi connectivity index (χ1v) is 8.04. The third-order valence-electron chi connectivity index (χ3n) is 3.89. The summed E-state index contributed by atoms with van der Waals surface area (Å²) in [6.07, 6.45) is 3.45. The van der Waals surface area contributed by atoms with E-state index in [1.807, 2.05) is 56.3 Å². The fraction of sp³-hybridized carbons (Fsp3) is 0.158. The lowest BCUT2D eigenvalue weighted by atomic mass is 10.1. The molecule has 0 aliphatic carbocycles.